The van der Waals surface area contributed by atoms with E-state index >= 15 is 0 Å². The average molecular weight is 188 g/mol. The van der Waals surface area contributed by atoms with Crippen LogP contribution >= 0.6 is 0 Å². The quantitative estimate of drug-likeness (QED) is 0.611. The Hall–Kier alpha value is -0.160. The molecule has 4 heteroatoms. The summed E-state index contributed by atoms with van der Waals surface area (Å²) in [6, 6.07) is 0. The molecule has 0 atom stereocenters. The first-order chi connectivity index (χ1) is 6.36. The molecule has 0 aromatic heterocycles. The van der Waals surface area contributed by atoms with E-state index in [1.54, 1.807) is 14.2 Å². The summed E-state index contributed by atoms with van der Waals surface area (Å²) in [5, 5.41) is 3.33. The second-order valence-electron chi connectivity index (χ2n) is 3.28. The monoisotopic (exact) mass is 188 g/mol. The van der Waals surface area contributed by atoms with Crippen LogP contribution in [-0.2, 0) is 9.47 Å². The van der Waals surface area contributed by atoms with Crippen LogP contribution in [0.5, 0.6) is 0 Å². The molecule has 1 N–H and O–H groups in total. The Balaban J connectivity index is 2.09. The predicted molar refractivity (Wildman–Crippen MR) is 51.7 cm³/mol. The lowest BCUT2D eigenvalue weighted by Gasteiger charge is -2.28. The molecule has 13 heavy (non-hydrogen) atoms. The maximum atomic E-state index is 5.13. The molecular weight excluding hydrogens is 168 g/mol. The van der Waals surface area contributed by atoms with Gasteiger partial charge in [0.2, 0.25) is 0 Å². The highest BCUT2D eigenvalue weighted by Crippen LogP contribution is 2.01. The van der Waals surface area contributed by atoms with Gasteiger partial charge in [0.25, 0.3) is 0 Å². The van der Waals surface area contributed by atoms with Crippen LogP contribution in [0, 0.1) is 0 Å². The molecular formula is C9H20N2O2. The third-order valence-corrected chi connectivity index (χ3v) is 2.42. The van der Waals surface area contributed by atoms with Crippen molar-refractivity contribution in [1.82, 2.24) is 10.2 Å². The van der Waals surface area contributed by atoms with Gasteiger partial charge in [-0.2, -0.15) is 0 Å². The van der Waals surface area contributed by atoms with Crippen molar-refractivity contribution in [3.05, 3.63) is 0 Å². The van der Waals surface area contributed by atoms with Crippen molar-refractivity contribution in [2.24, 2.45) is 0 Å². The number of piperazine rings is 1. The van der Waals surface area contributed by atoms with E-state index in [0.717, 1.165) is 39.1 Å². The topological polar surface area (TPSA) is 33.7 Å². The van der Waals surface area contributed by atoms with Gasteiger partial charge in [0.05, 0.1) is 0 Å². The van der Waals surface area contributed by atoms with Gasteiger partial charge in [-0.1, -0.05) is 0 Å². The Bertz CT molecular complexity index is 123. The third-order valence-electron chi connectivity index (χ3n) is 2.42. The van der Waals surface area contributed by atoms with Crippen LogP contribution in [0.4, 0.5) is 0 Å². The van der Waals surface area contributed by atoms with Crippen molar-refractivity contribution >= 4 is 0 Å². The first-order valence-electron chi connectivity index (χ1n) is 4.85. The van der Waals surface area contributed by atoms with Crippen molar-refractivity contribution in [1.29, 1.82) is 0 Å². The molecule has 0 radical (unpaired) electrons. The van der Waals surface area contributed by atoms with Crippen LogP contribution in [-0.4, -0.2) is 58.1 Å². The van der Waals surface area contributed by atoms with Gasteiger partial charge in [-0.05, 0) is 0 Å². The molecule has 0 aromatic rings. The fourth-order valence-corrected chi connectivity index (χ4v) is 1.55. The molecule has 0 saturated carbocycles. The SMILES string of the molecule is COC(CCN1CCNCC1)OC. The lowest BCUT2D eigenvalue weighted by atomic mass is 10.3. The van der Waals surface area contributed by atoms with Crippen molar-refractivity contribution in [2.75, 3.05) is 46.9 Å². The van der Waals surface area contributed by atoms with Gasteiger partial charge in [0.15, 0.2) is 6.29 Å². The molecule has 1 aliphatic rings. The summed E-state index contributed by atoms with van der Waals surface area (Å²) in [6.45, 7) is 5.55. The van der Waals surface area contributed by atoms with Gasteiger partial charge in [-0.15, -0.1) is 0 Å². The molecule has 1 aliphatic heterocycles. The van der Waals surface area contributed by atoms with E-state index in [0.29, 0.717) is 0 Å². The molecule has 1 saturated heterocycles. The molecule has 1 rings (SSSR count). The maximum absolute atomic E-state index is 5.13. The van der Waals surface area contributed by atoms with E-state index in [4.69, 9.17) is 9.47 Å². The Morgan fingerprint density at radius 2 is 1.85 bits per heavy atom. The molecule has 1 fully saturated rings. The standard InChI is InChI=1S/C9H20N2O2/c1-12-9(13-2)3-6-11-7-4-10-5-8-11/h9-10H,3-8H2,1-2H3. The minimum absolute atomic E-state index is 0.0464. The summed E-state index contributed by atoms with van der Waals surface area (Å²) in [5.74, 6) is 0. The lowest BCUT2D eigenvalue weighted by molar-refractivity contribution is -0.109. The lowest BCUT2D eigenvalue weighted by Crippen LogP contribution is -2.44. The highest BCUT2D eigenvalue weighted by Gasteiger charge is 2.12. The summed E-state index contributed by atoms with van der Waals surface area (Å²) in [5.41, 5.74) is 0. The maximum Gasteiger partial charge on any atom is 0.158 e. The number of ether oxygens (including phenoxy) is 2. The molecule has 0 unspecified atom stereocenters. The fraction of sp³-hybridized carbons (Fsp3) is 1.00. The number of hydrogen-bond acceptors (Lipinski definition) is 4. The highest BCUT2D eigenvalue weighted by molar-refractivity contribution is 4.67. The number of methoxy groups -OCH3 is 2. The first-order valence-corrected chi connectivity index (χ1v) is 4.85. The number of nitrogens with one attached hydrogen (secondary N) is 1. The minimum Gasteiger partial charge on any atom is -0.356 e. The van der Waals surface area contributed by atoms with Crippen LogP contribution < -0.4 is 5.32 Å². The molecule has 1 heterocycles. The molecule has 0 aromatic carbocycles. The third kappa shape index (κ3) is 4.04. The molecule has 78 valence electrons. The van der Waals surface area contributed by atoms with Crippen molar-refractivity contribution < 1.29 is 9.47 Å². The Morgan fingerprint density at radius 3 is 2.38 bits per heavy atom. The Labute approximate surface area is 80.2 Å². The van der Waals surface area contributed by atoms with Crippen molar-refractivity contribution in [3.63, 3.8) is 0 Å². The predicted octanol–water partition coefficient (Wildman–Crippen LogP) is -0.0994. The van der Waals surface area contributed by atoms with Gasteiger partial charge < -0.3 is 19.7 Å². The van der Waals surface area contributed by atoms with E-state index in [1.165, 1.54) is 0 Å². The summed E-state index contributed by atoms with van der Waals surface area (Å²) in [6.07, 6.45) is 0.905. The van der Waals surface area contributed by atoms with Gasteiger partial charge in [-0.25, -0.2) is 0 Å². The van der Waals surface area contributed by atoms with Crippen LogP contribution in [0.15, 0.2) is 0 Å². The van der Waals surface area contributed by atoms with Gasteiger partial charge in [-0.3, -0.25) is 0 Å². The summed E-state index contributed by atoms with van der Waals surface area (Å²) >= 11 is 0. The molecule has 0 amide bonds. The number of hydrogen-bond donors (Lipinski definition) is 1. The zero-order valence-electron chi connectivity index (χ0n) is 8.58. The van der Waals surface area contributed by atoms with Crippen molar-refractivity contribution in [3.8, 4) is 0 Å². The smallest absolute Gasteiger partial charge is 0.158 e. The fourth-order valence-electron chi connectivity index (χ4n) is 1.55. The van der Waals surface area contributed by atoms with E-state index in [9.17, 15) is 0 Å². The van der Waals surface area contributed by atoms with E-state index in [2.05, 4.69) is 10.2 Å². The van der Waals surface area contributed by atoms with E-state index < -0.39 is 0 Å². The number of rotatable bonds is 5. The van der Waals surface area contributed by atoms with Gasteiger partial charge >= 0.3 is 0 Å². The molecule has 0 bridgehead atoms. The summed E-state index contributed by atoms with van der Waals surface area (Å²) in [4.78, 5) is 2.43. The van der Waals surface area contributed by atoms with Crippen LogP contribution in [0.2, 0.25) is 0 Å². The summed E-state index contributed by atoms with van der Waals surface area (Å²) in [7, 11) is 3.37. The number of nitrogens with zero attached hydrogens (tertiary/aromatic N) is 1. The Morgan fingerprint density at radius 1 is 1.23 bits per heavy atom. The second kappa shape index (κ2) is 6.32. The highest BCUT2D eigenvalue weighted by atomic mass is 16.7. The minimum atomic E-state index is -0.0464. The van der Waals surface area contributed by atoms with E-state index in [1.807, 2.05) is 0 Å². The molecule has 4 nitrogen and oxygen atoms in total. The first kappa shape index (κ1) is 10.9. The molecule has 0 spiro atoms. The zero-order chi connectivity index (χ0) is 9.52. The van der Waals surface area contributed by atoms with Crippen LogP contribution in [0.3, 0.4) is 0 Å². The molecule has 0 aliphatic carbocycles. The van der Waals surface area contributed by atoms with Crippen LogP contribution in [0.25, 0.3) is 0 Å². The van der Waals surface area contributed by atoms with Crippen molar-refractivity contribution in [2.45, 2.75) is 12.7 Å². The zero-order valence-corrected chi connectivity index (χ0v) is 8.58. The normalized spacial score (nSPS) is 19.6. The van der Waals surface area contributed by atoms with Gasteiger partial charge in [0, 0.05) is 53.4 Å². The average Bonchev–Trinajstić information content (AvgIpc) is 2.21. The largest absolute Gasteiger partial charge is 0.356 e. The van der Waals surface area contributed by atoms with Gasteiger partial charge in [0.1, 0.15) is 0 Å². The van der Waals surface area contributed by atoms with E-state index in [-0.39, 0.29) is 6.29 Å². The second-order valence-corrected chi connectivity index (χ2v) is 3.28. The van der Waals surface area contributed by atoms with Crippen LogP contribution in [0.1, 0.15) is 6.42 Å². The summed E-state index contributed by atoms with van der Waals surface area (Å²) < 4.78 is 10.3. The Kier molecular flexibility index (Phi) is 5.31.